The molecule has 0 atom stereocenters. The van der Waals surface area contributed by atoms with Crippen molar-refractivity contribution in [3.63, 3.8) is 0 Å². The highest BCUT2D eigenvalue weighted by atomic mass is 79.9. The molecular formula is C13H12BrClFN3O. The summed E-state index contributed by atoms with van der Waals surface area (Å²) in [4.78, 5) is 8.23. The lowest BCUT2D eigenvalue weighted by atomic mass is 10.3. The summed E-state index contributed by atoms with van der Waals surface area (Å²) in [5, 5.41) is 3.32. The lowest BCUT2D eigenvalue weighted by molar-refractivity contribution is 0.458. The average Bonchev–Trinajstić information content (AvgIpc) is 2.42. The Kier molecular flexibility index (Phi) is 5.14. The number of hydrogen-bond donors (Lipinski definition) is 1. The van der Waals surface area contributed by atoms with Gasteiger partial charge in [0.1, 0.15) is 16.6 Å². The van der Waals surface area contributed by atoms with E-state index in [0.717, 1.165) is 13.0 Å². The smallest absolute Gasteiger partial charge is 0.243 e. The molecular weight excluding hydrogens is 349 g/mol. The van der Waals surface area contributed by atoms with Gasteiger partial charge in [-0.15, -0.1) is 0 Å². The van der Waals surface area contributed by atoms with Crippen molar-refractivity contribution in [1.82, 2.24) is 9.97 Å². The number of benzene rings is 1. The van der Waals surface area contributed by atoms with Gasteiger partial charge in [-0.3, -0.25) is 0 Å². The molecule has 0 aliphatic heterocycles. The summed E-state index contributed by atoms with van der Waals surface area (Å²) in [5.74, 6) is 0.716. The fourth-order valence-corrected chi connectivity index (χ4v) is 1.97. The summed E-state index contributed by atoms with van der Waals surface area (Å²) in [6, 6.07) is 4.10. The number of nitrogens with one attached hydrogen (secondary N) is 1. The fourth-order valence-electron chi connectivity index (χ4n) is 1.41. The third-order valence-corrected chi connectivity index (χ3v) is 3.22. The zero-order valence-corrected chi connectivity index (χ0v) is 13.0. The molecule has 0 bridgehead atoms. The maximum atomic E-state index is 13.0. The molecule has 20 heavy (non-hydrogen) atoms. The molecule has 1 N–H and O–H groups in total. The van der Waals surface area contributed by atoms with Crippen LogP contribution in [0.25, 0.3) is 0 Å². The minimum absolute atomic E-state index is 0.215. The first-order valence-electron chi connectivity index (χ1n) is 5.99. The van der Waals surface area contributed by atoms with Crippen LogP contribution in [0.15, 0.2) is 28.9 Å². The third-order valence-electron chi connectivity index (χ3n) is 2.35. The normalized spacial score (nSPS) is 10.4. The molecule has 0 unspecified atom stereocenters. The van der Waals surface area contributed by atoms with Gasteiger partial charge in [0.15, 0.2) is 0 Å². The Morgan fingerprint density at radius 2 is 2.25 bits per heavy atom. The van der Waals surface area contributed by atoms with Gasteiger partial charge in [-0.2, -0.15) is 4.98 Å². The second kappa shape index (κ2) is 6.85. The van der Waals surface area contributed by atoms with E-state index in [2.05, 4.69) is 31.2 Å². The van der Waals surface area contributed by atoms with E-state index < -0.39 is 0 Å². The van der Waals surface area contributed by atoms with E-state index >= 15 is 0 Å². The minimum atomic E-state index is -0.358. The Morgan fingerprint density at radius 3 is 2.95 bits per heavy atom. The fraction of sp³-hybridized carbons (Fsp3) is 0.231. The van der Waals surface area contributed by atoms with Crippen LogP contribution in [0.3, 0.4) is 0 Å². The van der Waals surface area contributed by atoms with Gasteiger partial charge in [0, 0.05) is 6.54 Å². The molecule has 7 heteroatoms. The van der Waals surface area contributed by atoms with Crippen molar-refractivity contribution in [1.29, 1.82) is 0 Å². The van der Waals surface area contributed by atoms with Crippen LogP contribution < -0.4 is 10.1 Å². The second-order valence-corrected chi connectivity index (χ2v) is 5.21. The highest BCUT2D eigenvalue weighted by Gasteiger charge is 2.10. The molecule has 4 nitrogen and oxygen atoms in total. The molecule has 0 saturated carbocycles. The molecule has 1 aromatic carbocycles. The number of ether oxygens (including phenoxy) is 1. The number of aromatic nitrogens is 2. The molecule has 0 radical (unpaired) electrons. The monoisotopic (exact) mass is 359 g/mol. The Labute approximate surface area is 129 Å². The molecule has 0 spiro atoms. The maximum Gasteiger partial charge on any atom is 0.243 e. The van der Waals surface area contributed by atoms with Crippen molar-refractivity contribution in [3.05, 3.63) is 39.7 Å². The minimum Gasteiger partial charge on any atom is -0.436 e. The lowest BCUT2D eigenvalue weighted by Gasteiger charge is -2.10. The van der Waals surface area contributed by atoms with Gasteiger partial charge in [-0.05, 0) is 40.5 Å². The van der Waals surface area contributed by atoms with E-state index in [1.54, 1.807) is 0 Å². The Bertz CT molecular complexity index is 612. The molecule has 0 saturated heterocycles. The first-order chi connectivity index (χ1) is 9.60. The largest absolute Gasteiger partial charge is 0.436 e. The molecule has 0 fully saturated rings. The summed E-state index contributed by atoms with van der Waals surface area (Å²) < 4.78 is 19.1. The van der Waals surface area contributed by atoms with Gasteiger partial charge in [0.25, 0.3) is 0 Å². The summed E-state index contributed by atoms with van der Waals surface area (Å²) in [6.45, 7) is 2.79. The first kappa shape index (κ1) is 15.0. The van der Waals surface area contributed by atoms with Gasteiger partial charge < -0.3 is 10.1 Å². The van der Waals surface area contributed by atoms with Crippen LogP contribution in [0.4, 0.5) is 10.3 Å². The van der Waals surface area contributed by atoms with Crippen LogP contribution in [0.5, 0.6) is 11.6 Å². The molecule has 1 heterocycles. The van der Waals surface area contributed by atoms with Crippen molar-refractivity contribution in [3.8, 4) is 11.6 Å². The molecule has 106 valence electrons. The summed E-state index contributed by atoms with van der Waals surface area (Å²) in [5.41, 5.74) is 0. The lowest BCUT2D eigenvalue weighted by Crippen LogP contribution is -2.05. The third kappa shape index (κ3) is 3.80. The number of halogens is 3. The van der Waals surface area contributed by atoms with E-state index in [4.69, 9.17) is 16.3 Å². The van der Waals surface area contributed by atoms with E-state index in [0.29, 0.717) is 16.2 Å². The molecule has 0 aliphatic rings. The van der Waals surface area contributed by atoms with Crippen molar-refractivity contribution in [2.45, 2.75) is 13.3 Å². The van der Waals surface area contributed by atoms with Crippen LogP contribution in [-0.2, 0) is 0 Å². The summed E-state index contributed by atoms with van der Waals surface area (Å²) in [7, 11) is 0. The van der Waals surface area contributed by atoms with Crippen molar-refractivity contribution < 1.29 is 9.13 Å². The molecule has 0 aliphatic carbocycles. The van der Waals surface area contributed by atoms with Crippen LogP contribution in [0.1, 0.15) is 13.3 Å². The number of nitrogens with zero attached hydrogens (tertiary/aromatic N) is 2. The number of hydrogen-bond acceptors (Lipinski definition) is 4. The first-order valence-corrected chi connectivity index (χ1v) is 7.16. The predicted octanol–water partition coefficient (Wildman–Crippen LogP) is 4.65. The summed E-state index contributed by atoms with van der Waals surface area (Å²) in [6.07, 6.45) is 2.41. The second-order valence-electron chi connectivity index (χ2n) is 3.95. The topological polar surface area (TPSA) is 47.0 Å². The van der Waals surface area contributed by atoms with E-state index in [1.165, 1.54) is 24.4 Å². The predicted molar refractivity (Wildman–Crippen MR) is 80.0 cm³/mol. The number of anilines is 1. The highest BCUT2D eigenvalue weighted by molar-refractivity contribution is 9.10. The zero-order valence-electron chi connectivity index (χ0n) is 10.7. The van der Waals surface area contributed by atoms with Crippen LogP contribution in [0.2, 0.25) is 5.02 Å². The Hall–Kier alpha value is -1.40. The van der Waals surface area contributed by atoms with Gasteiger partial charge in [0.2, 0.25) is 11.8 Å². The van der Waals surface area contributed by atoms with Gasteiger partial charge >= 0.3 is 0 Å². The van der Waals surface area contributed by atoms with Crippen molar-refractivity contribution >= 4 is 33.5 Å². The van der Waals surface area contributed by atoms with E-state index in [9.17, 15) is 4.39 Å². The van der Waals surface area contributed by atoms with Crippen LogP contribution in [-0.4, -0.2) is 16.5 Å². The van der Waals surface area contributed by atoms with Crippen molar-refractivity contribution in [2.75, 3.05) is 11.9 Å². The van der Waals surface area contributed by atoms with Crippen LogP contribution >= 0.6 is 27.5 Å². The molecule has 2 aromatic rings. The van der Waals surface area contributed by atoms with Crippen LogP contribution in [0, 0.1) is 5.82 Å². The Balaban J connectivity index is 2.23. The Morgan fingerprint density at radius 1 is 1.45 bits per heavy atom. The highest BCUT2D eigenvalue weighted by Crippen LogP contribution is 2.32. The van der Waals surface area contributed by atoms with E-state index in [-0.39, 0.29) is 16.7 Å². The molecule has 2 rings (SSSR count). The molecule has 1 aromatic heterocycles. The van der Waals surface area contributed by atoms with Gasteiger partial charge in [-0.25, -0.2) is 9.37 Å². The standard InChI is InChI=1S/C13H12BrClFN3O/c1-2-5-17-13-18-7-10(15)12(19-13)20-11-4-3-8(16)6-9(11)14/h3-4,6-7H,2,5H2,1H3,(H,17,18,19). The van der Waals surface area contributed by atoms with Crippen molar-refractivity contribution in [2.24, 2.45) is 0 Å². The number of rotatable bonds is 5. The van der Waals surface area contributed by atoms with Gasteiger partial charge in [-0.1, -0.05) is 18.5 Å². The maximum absolute atomic E-state index is 13.0. The average molecular weight is 361 g/mol. The van der Waals surface area contributed by atoms with E-state index in [1.807, 2.05) is 6.92 Å². The summed E-state index contributed by atoms with van der Waals surface area (Å²) >= 11 is 9.22. The molecule has 0 amide bonds. The SMILES string of the molecule is CCCNc1ncc(Cl)c(Oc2ccc(F)cc2Br)n1. The zero-order chi connectivity index (χ0) is 14.5. The quantitative estimate of drug-likeness (QED) is 0.843. The van der Waals surface area contributed by atoms with Gasteiger partial charge in [0.05, 0.1) is 10.7 Å².